The number of unbranched alkanes of at least 4 members (excludes halogenated alkanes) is 1. The lowest BCUT2D eigenvalue weighted by Crippen LogP contribution is -1.86. The minimum atomic E-state index is 1.04. The third-order valence-corrected chi connectivity index (χ3v) is 0.630. The molecule has 0 aliphatic heterocycles. The van der Waals surface area contributed by atoms with Crippen LogP contribution in [0.25, 0.3) is 0 Å². The van der Waals surface area contributed by atoms with Gasteiger partial charge >= 0.3 is 0 Å². The largest absolute Gasteiger partial charge is 0.420 e. The highest BCUT2D eigenvalue weighted by molar-refractivity contribution is 4.70. The van der Waals surface area contributed by atoms with Crippen molar-refractivity contribution in [2.45, 2.75) is 19.8 Å². The number of hydrogen-bond acceptors (Lipinski definition) is 2. The number of rotatable bonds is 3. The number of nitrogens with two attached hydrogens (primary N) is 1. The van der Waals surface area contributed by atoms with Gasteiger partial charge in [0.2, 0.25) is 0 Å². The Kier molecular flexibility index (Phi) is 5.11. The smallest absolute Gasteiger partial charge is 0.106 e. The maximum atomic E-state index is 4.68. The zero-order chi connectivity index (χ0) is 5.54. The van der Waals surface area contributed by atoms with E-state index in [9.17, 15) is 0 Å². The molecule has 0 rings (SSSR count). The Bertz CT molecular complexity index is 52.0. The van der Waals surface area contributed by atoms with E-state index in [-0.39, 0.29) is 0 Å². The van der Waals surface area contributed by atoms with E-state index >= 15 is 0 Å². The second-order valence-corrected chi connectivity index (χ2v) is 1.30. The summed E-state index contributed by atoms with van der Waals surface area (Å²) < 4.78 is 0. The molecule has 0 aromatic heterocycles. The second-order valence-electron chi connectivity index (χ2n) is 1.30. The molecule has 0 unspecified atom stereocenters. The highest BCUT2D eigenvalue weighted by Gasteiger charge is 1.68. The fourth-order valence-corrected chi connectivity index (χ4v) is 0.290. The highest BCUT2D eigenvalue weighted by Crippen LogP contribution is 1.85. The molecule has 0 amide bonds. The van der Waals surface area contributed by atoms with Crippen LogP contribution in [0.2, 0.25) is 0 Å². The van der Waals surface area contributed by atoms with Crippen molar-refractivity contribution in [3.8, 4) is 0 Å². The minimum absolute atomic E-state index is 1.04. The van der Waals surface area contributed by atoms with Crippen molar-refractivity contribution in [3.63, 3.8) is 0 Å². The first-order chi connectivity index (χ1) is 3.41. The Hall–Kier alpha value is -0.500. The van der Waals surface area contributed by atoms with Gasteiger partial charge in [0.1, 0.15) is 6.26 Å². The Morgan fingerprint density at radius 3 is 2.86 bits per heavy atom. The van der Waals surface area contributed by atoms with Gasteiger partial charge in [0, 0.05) is 0 Å². The van der Waals surface area contributed by atoms with Crippen molar-refractivity contribution in [2.24, 2.45) is 5.90 Å². The van der Waals surface area contributed by atoms with Gasteiger partial charge in [-0.15, -0.1) is 0 Å². The molecule has 0 radical (unpaired) electrons. The molecule has 0 aliphatic carbocycles. The highest BCUT2D eigenvalue weighted by atomic mass is 16.6. The molecule has 42 valence electrons. The lowest BCUT2D eigenvalue weighted by molar-refractivity contribution is 0.260. The van der Waals surface area contributed by atoms with Crippen LogP contribution in [0.1, 0.15) is 19.8 Å². The van der Waals surface area contributed by atoms with Gasteiger partial charge in [0.25, 0.3) is 0 Å². The van der Waals surface area contributed by atoms with Crippen LogP contribution in [0.5, 0.6) is 0 Å². The summed E-state index contributed by atoms with van der Waals surface area (Å²) in [4.78, 5) is 4.16. The molecular weight excluding hydrogens is 90.1 g/mol. The first kappa shape index (κ1) is 6.50. The Labute approximate surface area is 43.9 Å². The fraction of sp³-hybridized carbons (Fsp3) is 0.600. The van der Waals surface area contributed by atoms with Crippen LogP contribution in [0.15, 0.2) is 12.3 Å². The Balaban J connectivity index is 2.78. The van der Waals surface area contributed by atoms with Crippen LogP contribution in [0, 0.1) is 0 Å². The van der Waals surface area contributed by atoms with E-state index in [2.05, 4.69) is 17.7 Å². The van der Waals surface area contributed by atoms with E-state index in [1.165, 1.54) is 6.26 Å². The summed E-state index contributed by atoms with van der Waals surface area (Å²) in [6, 6.07) is 0. The topological polar surface area (TPSA) is 35.2 Å². The second kappa shape index (κ2) is 5.50. The van der Waals surface area contributed by atoms with Crippen molar-refractivity contribution < 1.29 is 4.84 Å². The average Bonchev–Trinajstić information content (AvgIpc) is 1.69. The van der Waals surface area contributed by atoms with Crippen LogP contribution in [0.3, 0.4) is 0 Å². The van der Waals surface area contributed by atoms with Gasteiger partial charge in [-0.2, -0.15) is 5.90 Å². The van der Waals surface area contributed by atoms with Crippen LogP contribution in [0.4, 0.5) is 0 Å². The molecule has 0 aromatic rings. The average molecular weight is 101 g/mol. The summed E-state index contributed by atoms with van der Waals surface area (Å²) in [7, 11) is 0. The lowest BCUT2D eigenvalue weighted by Gasteiger charge is -1.82. The predicted molar refractivity (Wildman–Crippen MR) is 29.3 cm³/mol. The van der Waals surface area contributed by atoms with Crippen LogP contribution >= 0.6 is 0 Å². The molecule has 0 aliphatic rings. The first-order valence-electron chi connectivity index (χ1n) is 2.42. The number of allylic oxidation sites excluding steroid dienone is 1. The van der Waals surface area contributed by atoms with Gasteiger partial charge in [-0.25, -0.2) is 0 Å². The molecular formula is C5H11NO. The minimum Gasteiger partial charge on any atom is -0.420 e. The normalized spacial score (nSPS) is 10.0. The van der Waals surface area contributed by atoms with Gasteiger partial charge < -0.3 is 4.84 Å². The van der Waals surface area contributed by atoms with Crippen LogP contribution < -0.4 is 5.90 Å². The van der Waals surface area contributed by atoms with Crippen LogP contribution in [-0.4, -0.2) is 0 Å². The molecule has 0 fully saturated rings. The third kappa shape index (κ3) is 5.50. The van der Waals surface area contributed by atoms with Gasteiger partial charge in [0.05, 0.1) is 0 Å². The van der Waals surface area contributed by atoms with E-state index in [0.717, 1.165) is 12.8 Å². The van der Waals surface area contributed by atoms with Crippen molar-refractivity contribution >= 4 is 0 Å². The molecule has 0 spiro atoms. The van der Waals surface area contributed by atoms with E-state index in [1.807, 2.05) is 6.08 Å². The molecule has 2 nitrogen and oxygen atoms in total. The molecule has 0 saturated heterocycles. The Morgan fingerprint density at radius 1 is 1.71 bits per heavy atom. The molecule has 0 bridgehead atoms. The van der Waals surface area contributed by atoms with Gasteiger partial charge in [-0.1, -0.05) is 13.3 Å². The van der Waals surface area contributed by atoms with Crippen molar-refractivity contribution in [1.29, 1.82) is 0 Å². The molecule has 0 atom stereocenters. The number of hydrogen-bond donors (Lipinski definition) is 1. The predicted octanol–water partition coefficient (Wildman–Crippen LogP) is 1.19. The summed E-state index contributed by atoms with van der Waals surface area (Å²) in [5, 5.41) is 0. The third-order valence-electron chi connectivity index (χ3n) is 0.630. The zero-order valence-electron chi connectivity index (χ0n) is 4.55. The fourth-order valence-electron chi connectivity index (χ4n) is 0.290. The summed E-state index contributed by atoms with van der Waals surface area (Å²) in [6.07, 6.45) is 5.56. The molecule has 0 heterocycles. The summed E-state index contributed by atoms with van der Waals surface area (Å²) in [5.41, 5.74) is 0. The zero-order valence-corrected chi connectivity index (χ0v) is 4.55. The van der Waals surface area contributed by atoms with E-state index in [1.54, 1.807) is 0 Å². The van der Waals surface area contributed by atoms with Crippen molar-refractivity contribution in [2.75, 3.05) is 0 Å². The molecule has 0 aromatic carbocycles. The molecule has 7 heavy (non-hydrogen) atoms. The lowest BCUT2D eigenvalue weighted by atomic mass is 10.3. The molecule has 2 heteroatoms. The van der Waals surface area contributed by atoms with Gasteiger partial charge in [0.15, 0.2) is 0 Å². The van der Waals surface area contributed by atoms with Crippen LogP contribution in [-0.2, 0) is 4.84 Å². The standard InChI is InChI=1S/C5H11NO/c1-2-3-4-5-7-6/h4-5H,2-3,6H2,1H3/b5-4+. The van der Waals surface area contributed by atoms with Gasteiger partial charge in [-0.3, -0.25) is 0 Å². The summed E-state index contributed by atoms with van der Waals surface area (Å²) in [6.45, 7) is 2.10. The van der Waals surface area contributed by atoms with E-state index in [4.69, 9.17) is 0 Å². The van der Waals surface area contributed by atoms with Crippen molar-refractivity contribution in [1.82, 2.24) is 0 Å². The quantitative estimate of drug-likeness (QED) is 0.428. The molecule has 0 saturated carbocycles. The Morgan fingerprint density at radius 2 is 2.43 bits per heavy atom. The summed E-state index contributed by atoms with van der Waals surface area (Å²) >= 11 is 0. The van der Waals surface area contributed by atoms with Crippen molar-refractivity contribution in [3.05, 3.63) is 12.3 Å². The summed E-state index contributed by atoms with van der Waals surface area (Å²) in [5.74, 6) is 4.68. The van der Waals surface area contributed by atoms with Gasteiger partial charge in [-0.05, 0) is 12.5 Å². The molecule has 2 N–H and O–H groups in total. The first-order valence-corrected chi connectivity index (χ1v) is 2.42. The SMILES string of the molecule is CCC/C=C/ON. The van der Waals surface area contributed by atoms with E-state index in [0.29, 0.717) is 0 Å². The van der Waals surface area contributed by atoms with E-state index < -0.39 is 0 Å². The maximum absolute atomic E-state index is 4.68. The maximum Gasteiger partial charge on any atom is 0.106 e. The monoisotopic (exact) mass is 101 g/mol.